The molecular weight excluding hydrogens is 444 g/mol. The van der Waals surface area contributed by atoms with E-state index < -0.39 is 0 Å². The minimum Gasteiger partial charge on any atom is -0.446 e. The highest BCUT2D eigenvalue weighted by Crippen LogP contribution is 2.67. The molecule has 0 bridgehead atoms. The van der Waals surface area contributed by atoms with Gasteiger partial charge in [0.25, 0.3) is 0 Å². The van der Waals surface area contributed by atoms with E-state index in [1.807, 2.05) is 14.1 Å². The molecule has 3 fully saturated rings. The van der Waals surface area contributed by atoms with Crippen molar-refractivity contribution >= 4 is 6.09 Å². The van der Waals surface area contributed by atoms with E-state index in [1.54, 1.807) is 5.57 Å². The fourth-order valence-electron chi connectivity index (χ4n) is 9.33. The molecule has 4 rings (SSSR count). The number of carbonyl (C=O) groups excluding carboxylic acids is 1. The molecule has 8 atom stereocenters. The summed E-state index contributed by atoms with van der Waals surface area (Å²) in [7, 11) is 4.04. The molecule has 4 nitrogen and oxygen atoms in total. The molecule has 4 heteroatoms. The Kier molecular flexibility index (Phi) is 8.85. The van der Waals surface area contributed by atoms with Crippen LogP contribution in [0.15, 0.2) is 11.6 Å². The third-order valence-electron chi connectivity index (χ3n) is 11.4. The van der Waals surface area contributed by atoms with E-state index in [2.05, 4.69) is 50.9 Å². The molecule has 0 aromatic carbocycles. The summed E-state index contributed by atoms with van der Waals surface area (Å²) in [6.07, 6.45) is 16.7. The minimum absolute atomic E-state index is 0.0386. The Morgan fingerprint density at radius 3 is 2.58 bits per heavy atom. The number of likely N-dealkylation sites (N-methyl/N-ethyl adjacent to an activating group) is 1. The van der Waals surface area contributed by atoms with Gasteiger partial charge in [0, 0.05) is 19.5 Å². The summed E-state index contributed by atoms with van der Waals surface area (Å²) in [5.41, 5.74) is 2.46. The fourth-order valence-corrected chi connectivity index (χ4v) is 9.33. The Morgan fingerprint density at radius 1 is 1.08 bits per heavy atom. The van der Waals surface area contributed by atoms with E-state index in [0.29, 0.717) is 17.4 Å². The molecule has 0 radical (unpaired) electrons. The van der Waals surface area contributed by atoms with Crippen LogP contribution in [-0.4, -0.2) is 44.3 Å². The molecule has 4 aliphatic rings. The van der Waals surface area contributed by atoms with Gasteiger partial charge in [0.05, 0.1) is 0 Å². The average Bonchev–Trinajstić information content (AvgIpc) is 3.16. The number of ether oxygens (including phenoxy) is 1. The van der Waals surface area contributed by atoms with Gasteiger partial charge >= 0.3 is 6.09 Å². The molecule has 4 aliphatic carbocycles. The van der Waals surface area contributed by atoms with Gasteiger partial charge in [-0.1, -0.05) is 65.5 Å². The molecule has 0 aromatic rings. The maximum Gasteiger partial charge on any atom is 0.407 e. The van der Waals surface area contributed by atoms with Crippen LogP contribution in [0.2, 0.25) is 0 Å². The van der Waals surface area contributed by atoms with Gasteiger partial charge in [-0.25, -0.2) is 4.79 Å². The predicted molar refractivity (Wildman–Crippen MR) is 150 cm³/mol. The second kappa shape index (κ2) is 11.4. The van der Waals surface area contributed by atoms with Crippen LogP contribution >= 0.6 is 0 Å². The number of fused-ring (bicyclic) bond motifs is 5. The number of nitrogens with zero attached hydrogens (tertiary/aromatic N) is 1. The molecule has 0 spiro atoms. The lowest BCUT2D eigenvalue weighted by Gasteiger charge is -2.58. The molecule has 0 aliphatic heterocycles. The SMILES string of the molecule is CC(C)CCCC(C)C1CCC2C3CC=C4CC(OC(=O)NCCN(C)C)CC[C@]4(C)C3CC[C@]12C. The van der Waals surface area contributed by atoms with Gasteiger partial charge < -0.3 is 15.0 Å². The van der Waals surface area contributed by atoms with Crippen molar-refractivity contribution in [2.75, 3.05) is 27.2 Å². The number of nitrogens with one attached hydrogen (secondary N) is 1. The summed E-state index contributed by atoms with van der Waals surface area (Å²) < 4.78 is 5.87. The summed E-state index contributed by atoms with van der Waals surface area (Å²) in [5, 5.41) is 2.93. The van der Waals surface area contributed by atoms with Crippen molar-refractivity contribution in [2.24, 2.45) is 46.3 Å². The van der Waals surface area contributed by atoms with Crippen molar-refractivity contribution < 1.29 is 9.53 Å². The van der Waals surface area contributed by atoms with E-state index in [4.69, 9.17) is 4.74 Å². The first-order valence-electron chi connectivity index (χ1n) is 15.3. The molecule has 6 unspecified atom stereocenters. The summed E-state index contributed by atoms with van der Waals surface area (Å²) in [6, 6.07) is 0. The average molecular weight is 501 g/mol. The maximum atomic E-state index is 12.3. The summed E-state index contributed by atoms with van der Waals surface area (Å²) in [4.78, 5) is 14.4. The fraction of sp³-hybridized carbons (Fsp3) is 0.906. The van der Waals surface area contributed by atoms with Crippen molar-refractivity contribution in [1.29, 1.82) is 0 Å². The number of allylic oxidation sites excluding steroid dienone is 1. The molecule has 0 heterocycles. The van der Waals surface area contributed by atoms with Gasteiger partial charge in [0.15, 0.2) is 0 Å². The second-order valence-corrected chi connectivity index (χ2v) is 14.3. The van der Waals surface area contributed by atoms with E-state index in [9.17, 15) is 4.79 Å². The highest BCUT2D eigenvalue weighted by molar-refractivity contribution is 5.67. The summed E-state index contributed by atoms with van der Waals surface area (Å²) in [5.74, 6) is 5.21. The number of hydrogen-bond donors (Lipinski definition) is 1. The molecule has 3 saturated carbocycles. The number of hydrogen-bond acceptors (Lipinski definition) is 3. The molecule has 0 aromatic heterocycles. The monoisotopic (exact) mass is 500 g/mol. The molecule has 1 amide bonds. The van der Waals surface area contributed by atoms with Crippen LogP contribution in [0.4, 0.5) is 4.79 Å². The lowest BCUT2D eigenvalue weighted by atomic mass is 9.47. The quantitative estimate of drug-likeness (QED) is 0.330. The molecule has 206 valence electrons. The van der Waals surface area contributed by atoms with Crippen molar-refractivity contribution in [2.45, 2.75) is 111 Å². The zero-order valence-corrected chi connectivity index (χ0v) is 24.6. The van der Waals surface area contributed by atoms with Gasteiger partial charge in [-0.15, -0.1) is 0 Å². The van der Waals surface area contributed by atoms with Crippen molar-refractivity contribution in [1.82, 2.24) is 10.2 Å². The zero-order chi connectivity index (χ0) is 26.1. The maximum absolute atomic E-state index is 12.3. The van der Waals surface area contributed by atoms with Crippen molar-refractivity contribution in [3.63, 3.8) is 0 Å². The topological polar surface area (TPSA) is 41.6 Å². The van der Waals surface area contributed by atoms with E-state index in [-0.39, 0.29) is 12.2 Å². The summed E-state index contributed by atoms with van der Waals surface area (Å²) in [6.45, 7) is 14.0. The first-order chi connectivity index (χ1) is 17.0. The molecular formula is C32H56N2O2. The number of amides is 1. The smallest absolute Gasteiger partial charge is 0.407 e. The summed E-state index contributed by atoms with van der Waals surface area (Å²) >= 11 is 0. The van der Waals surface area contributed by atoms with Gasteiger partial charge in [0.1, 0.15) is 6.10 Å². The second-order valence-electron chi connectivity index (χ2n) is 14.3. The normalized spacial score (nSPS) is 38.7. The van der Waals surface area contributed by atoms with Gasteiger partial charge in [-0.2, -0.15) is 0 Å². The Bertz CT molecular complexity index is 791. The standard InChI is InChI=1S/C32H56N2O2/c1-22(2)9-8-10-23(3)27-13-14-28-26-12-11-24-21-25(36-30(35)33-19-20-34(6)7)15-17-31(24,4)29(26)16-18-32(27,28)5/h11,22-23,25-29H,8-10,12-21H2,1-7H3,(H,33,35)/t23?,25?,26?,27?,28?,29?,31-,32+/m0/s1. The van der Waals surface area contributed by atoms with Gasteiger partial charge in [-0.3, -0.25) is 0 Å². The van der Waals surface area contributed by atoms with Gasteiger partial charge in [0.2, 0.25) is 0 Å². The largest absolute Gasteiger partial charge is 0.446 e. The van der Waals surface area contributed by atoms with Crippen molar-refractivity contribution in [3.8, 4) is 0 Å². The first kappa shape index (κ1) is 28.0. The van der Waals surface area contributed by atoms with Crippen LogP contribution in [0.5, 0.6) is 0 Å². The van der Waals surface area contributed by atoms with Crippen LogP contribution < -0.4 is 5.32 Å². The first-order valence-corrected chi connectivity index (χ1v) is 15.3. The van der Waals surface area contributed by atoms with Crippen LogP contribution in [0.3, 0.4) is 0 Å². The van der Waals surface area contributed by atoms with Crippen molar-refractivity contribution in [3.05, 3.63) is 11.6 Å². The molecule has 36 heavy (non-hydrogen) atoms. The van der Waals surface area contributed by atoms with Gasteiger partial charge in [-0.05, 0) is 105 Å². The minimum atomic E-state index is -0.243. The zero-order valence-electron chi connectivity index (χ0n) is 24.6. The number of carbonyl (C=O) groups is 1. The number of rotatable bonds is 9. The Labute approximate surface area is 222 Å². The highest BCUT2D eigenvalue weighted by Gasteiger charge is 2.59. The Balaban J connectivity index is 1.37. The van der Waals surface area contributed by atoms with E-state index >= 15 is 0 Å². The molecule has 0 saturated heterocycles. The third kappa shape index (κ3) is 5.69. The lowest BCUT2D eigenvalue weighted by Crippen LogP contribution is -2.51. The molecule has 1 N–H and O–H groups in total. The van der Waals surface area contributed by atoms with Crippen LogP contribution in [-0.2, 0) is 4.74 Å². The van der Waals surface area contributed by atoms with E-state index in [0.717, 1.165) is 54.9 Å². The highest BCUT2D eigenvalue weighted by atomic mass is 16.6. The Morgan fingerprint density at radius 2 is 1.86 bits per heavy atom. The third-order valence-corrected chi connectivity index (χ3v) is 11.4. The predicted octanol–water partition coefficient (Wildman–Crippen LogP) is 7.68. The van der Waals surface area contributed by atoms with Crippen LogP contribution in [0.25, 0.3) is 0 Å². The number of alkyl carbamates (subject to hydrolysis) is 1. The van der Waals surface area contributed by atoms with Crippen LogP contribution in [0, 0.1) is 46.3 Å². The van der Waals surface area contributed by atoms with Crippen LogP contribution in [0.1, 0.15) is 105 Å². The Hall–Kier alpha value is -1.03. The lowest BCUT2D eigenvalue weighted by molar-refractivity contribution is -0.0581. The van der Waals surface area contributed by atoms with E-state index in [1.165, 1.54) is 57.8 Å².